The van der Waals surface area contributed by atoms with Crippen LogP contribution in [0.25, 0.3) is 21.9 Å². The highest BCUT2D eigenvalue weighted by molar-refractivity contribution is 6.11. The van der Waals surface area contributed by atoms with Gasteiger partial charge in [-0.05, 0) is 30.3 Å². The second kappa shape index (κ2) is 15.2. The molecule has 1 aliphatic carbocycles. The number of aliphatic hydroxyl groups is 1. The van der Waals surface area contributed by atoms with Crippen molar-refractivity contribution in [2.24, 2.45) is 0 Å². The summed E-state index contributed by atoms with van der Waals surface area (Å²) in [5.74, 6) is -24.6. The first kappa shape index (κ1) is 42.8. The molecule has 0 amide bonds. The van der Waals surface area contributed by atoms with Crippen LogP contribution in [0.1, 0.15) is 59.5 Å². The van der Waals surface area contributed by atoms with Crippen LogP contribution in [0, 0.1) is 0 Å². The van der Waals surface area contributed by atoms with Gasteiger partial charge < -0.3 is 94.5 Å². The summed E-state index contributed by atoms with van der Waals surface area (Å²) in [7, 11) is 0. The van der Waals surface area contributed by atoms with Crippen LogP contribution in [0.3, 0.4) is 0 Å². The number of rotatable bonds is 4. The van der Waals surface area contributed by atoms with Crippen molar-refractivity contribution < 1.29 is 118 Å². The summed E-state index contributed by atoms with van der Waals surface area (Å²) in [6.07, 6.45) is -12.6. The largest absolute Gasteiger partial charge is 0.504 e. The molecule has 0 saturated carbocycles. The van der Waals surface area contributed by atoms with E-state index in [2.05, 4.69) is 0 Å². The molecular formula is C40H28O25. The van der Waals surface area contributed by atoms with Crippen molar-refractivity contribution >= 4 is 40.4 Å². The van der Waals surface area contributed by atoms with Gasteiger partial charge in [0, 0.05) is 28.5 Å². The molecule has 0 spiro atoms. The van der Waals surface area contributed by atoms with Crippen molar-refractivity contribution in [3.63, 3.8) is 0 Å². The number of carbonyl (C=O) groups is 5. The first-order chi connectivity index (χ1) is 30.6. The van der Waals surface area contributed by atoms with Gasteiger partial charge in [0.25, 0.3) is 0 Å². The number of aliphatic hydroxyl groups excluding tert-OH is 1. The van der Waals surface area contributed by atoms with Crippen LogP contribution < -0.4 is 5.63 Å². The summed E-state index contributed by atoms with van der Waals surface area (Å²) < 4.78 is 32.6. The molecule has 13 N–H and O–H groups in total. The van der Waals surface area contributed by atoms with Crippen molar-refractivity contribution in [3.05, 3.63) is 68.8 Å². The Hall–Kier alpha value is -8.84. The zero-order valence-electron chi connectivity index (χ0n) is 32.0. The molecule has 1 fully saturated rings. The van der Waals surface area contributed by atoms with Crippen LogP contribution in [0.2, 0.25) is 0 Å². The van der Waals surface area contributed by atoms with Crippen LogP contribution in [0.5, 0.6) is 69.0 Å². The van der Waals surface area contributed by atoms with Gasteiger partial charge in [0.05, 0.1) is 28.0 Å². The van der Waals surface area contributed by atoms with Crippen LogP contribution in [0.15, 0.2) is 39.5 Å². The monoisotopic (exact) mass is 908 g/mol. The summed E-state index contributed by atoms with van der Waals surface area (Å²) >= 11 is 0. The van der Waals surface area contributed by atoms with Crippen molar-refractivity contribution in [1.29, 1.82) is 0 Å². The molecule has 65 heavy (non-hydrogen) atoms. The summed E-state index contributed by atoms with van der Waals surface area (Å²) in [6.45, 7) is -1.19. The second-order valence-electron chi connectivity index (χ2n) is 14.5. The van der Waals surface area contributed by atoms with Crippen LogP contribution in [-0.2, 0) is 28.5 Å². The Balaban J connectivity index is 1.26. The Bertz CT molecular complexity index is 3000. The van der Waals surface area contributed by atoms with E-state index in [0.29, 0.717) is 30.3 Å². The number of benzene rings is 4. The number of ketones is 1. The number of aromatic hydroxyl groups is 12. The van der Waals surface area contributed by atoms with Crippen LogP contribution in [-0.4, -0.2) is 133 Å². The SMILES string of the molecule is O=C(O[C@@H]1O[C@@H]2COC(=O)c3cc(O)c(O)c(O)c3-c3c(cc(O)c(O)c3O)C(=O)O[C@H]2[C@H](OC(=O)C2CC(=O)c3oc(=O)c4cc(O)c(O)c(O)c4c32)[C@H]1O)c1cc(O)c(O)c(O)c1. The number of carbonyl (C=O) groups excluding carboxylic acids is 5. The number of esters is 4. The number of ether oxygens (including phenoxy) is 5. The molecule has 0 bridgehead atoms. The van der Waals surface area contributed by atoms with E-state index < -0.39 is 204 Å². The van der Waals surface area contributed by atoms with Crippen molar-refractivity contribution in [3.8, 4) is 80.1 Å². The van der Waals surface area contributed by atoms with Crippen molar-refractivity contribution in [2.45, 2.75) is 43.0 Å². The summed E-state index contributed by atoms with van der Waals surface area (Å²) in [5, 5.41) is 135. The first-order valence-electron chi connectivity index (χ1n) is 18.3. The molecule has 2 aliphatic heterocycles. The van der Waals surface area contributed by atoms with E-state index in [1.165, 1.54) is 0 Å². The molecule has 3 aliphatic rings. The lowest BCUT2D eigenvalue weighted by Gasteiger charge is -2.42. The second-order valence-corrected chi connectivity index (χ2v) is 14.5. The van der Waals surface area contributed by atoms with E-state index >= 15 is 0 Å². The Kier molecular flexibility index (Phi) is 10.0. The fourth-order valence-corrected chi connectivity index (χ4v) is 7.57. The van der Waals surface area contributed by atoms with Crippen molar-refractivity contribution in [2.75, 3.05) is 6.61 Å². The number of hydrogen-bond acceptors (Lipinski definition) is 25. The minimum absolute atomic E-state index is 0.436. The molecule has 6 atom stereocenters. The maximum Gasteiger partial charge on any atom is 0.344 e. The van der Waals surface area contributed by atoms with Gasteiger partial charge in [0.15, 0.2) is 81.6 Å². The molecular weight excluding hydrogens is 880 g/mol. The minimum Gasteiger partial charge on any atom is -0.504 e. The number of phenols is 12. The Morgan fingerprint density at radius 1 is 0.631 bits per heavy atom. The topological polar surface area (TPSA) is 425 Å². The molecule has 25 nitrogen and oxygen atoms in total. The smallest absolute Gasteiger partial charge is 0.344 e. The Labute approximate surface area is 357 Å². The highest BCUT2D eigenvalue weighted by Crippen LogP contribution is 2.53. The van der Waals surface area contributed by atoms with Gasteiger partial charge in [0.1, 0.15) is 12.7 Å². The third-order valence-corrected chi connectivity index (χ3v) is 10.7. The number of cyclic esters (lactones) is 1. The number of Topliss-reactive ketones (excluding diaryl/α,β-unsaturated/α-hetero) is 1. The molecule has 3 heterocycles. The van der Waals surface area contributed by atoms with E-state index in [4.69, 9.17) is 28.1 Å². The minimum atomic E-state index is -2.54. The number of fused-ring (bicyclic) bond motifs is 7. The molecule has 25 heteroatoms. The average molecular weight is 909 g/mol. The zero-order chi connectivity index (χ0) is 47.2. The van der Waals surface area contributed by atoms with E-state index in [-0.39, 0.29) is 0 Å². The van der Waals surface area contributed by atoms with E-state index in [9.17, 15) is 95.2 Å². The fraction of sp³-hybridized carbons (Fsp3) is 0.200. The molecule has 1 aromatic heterocycles. The maximum atomic E-state index is 14.3. The molecule has 1 unspecified atom stereocenters. The van der Waals surface area contributed by atoms with E-state index in [0.717, 1.165) is 0 Å². The van der Waals surface area contributed by atoms with Gasteiger partial charge >= 0.3 is 29.5 Å². The van der Waals surface area contributed by atoms with Crippen LogP contribution >= 0.6 is 0 Å². The van der Waals surface area contributed by atoms with E-state index in [1.807, 2.05) is 0 Å². The predicted octanol–water partition coefficient (Wildman–Crippen LogP) is 0.848. The predicted molar refractivity (Wildman–Crippen MR) is 202 cm³/mol. The maximum absolute atomic E-state index is 14.3. The lowest BCUT2D eigenvalue weighted by atomic mass is 9.92. The standard InChI is InChI=1S/C40H28O25/c41-13-1-8(2-14(42)24(13)47)35(55)65-40-31(54)34(64-39(59)12-6-18(46)32-23(12)22-11(37(57)62-32)5-17(45)27(50)30(22)53)33-19(61-40)7-60-36(56)9-3-15(43)25(48)28(51)20(9)21-10(38(58)63-33)4-16(44)26(49)29(21)52/h1-5,12,19,31,33-34,40-45,47-54H,6-7H2/t12?,19-,31-,33-,34-,40+/m1/s1. The third kappa shape index (κ3) is 6.73. The van der Waals surface area contributed by atoms with Crippen molar-refractivity contribution in [1.82, 2.24) is 0 Å². The molecule has 338 valence electrons. The van der Waals surface area contributed by atoms with Gasteiger partial charge in [-0.2, -0.15) is 0 Å². The Morgan fingerprint density at radius 3 is 1.77 bits per heavy atom. The normalized spacial score (nSPS) is 21.5. The fourth-order valence-electron chi connectivity index (χ4n) is 7.57. The molecule has 5 aromatic rings. The number of phenolic OH excluding ortho intramolecular Hbond substituents is 12. The zero-order valence-corrected chi connectivity index (χ0v) is 32.0. The lowest BCUT2D eigenvalue weighted by molar-refractivity contribution is -0.287. The third-order valence-electron chi connectivity index (χ3n) is 10.7. The quantitative estimate of drug-likeness (QED) is 0.0675. The van der Waals surface area contributed by atoms with Gasteiger partial charge in [-0.1, -0.05) is 0 Å². The van der Waals surface area contributed by atoms with Gasteiger partial charge in [0.2, 0.25) is 23.5 Å². The highest BCUT2D eigenvalue weighted by atomic mass is 16.7. The van der Waals surface area contributed by atoms with Gasteiger partial charge in [-0.3, -0.25) is 9.59 Å². The van der Waals surface area contributed by atoms with Gasteiger partial charge in [-0.15, -0.1) is 0 Å². The molecule has 1 saturated heterocycles. The lowest BCUT2D eigenvalue weighted by Crippen LogP contribution is -2.62. The summed E-state index contributed by atoms with van der Waals surface area (Å²) in [6, 6.07) is 2.79. The molecule has 4 aromatic carbocycles. The average Bonchev–Trinajstić information content (AvgIpc) is 3.58. The van der Waals surface area contributed by atoms with Crippen LogP contribution in [0.4, 0.5) is 0 Å². The first-order valence-corrected chi connectivity index (χ1v) is 18.3. The summed E-state index contributed by atoms with van der Waals surface area (Å²) in [5.41, 5.74) is -6.63. The highest BCUT2D eigenvalue weighted by Gasteiger charge is 2.54. The molecule has 8 rings (SSSR count). The Morgan fingerprint density at radius 2 is 1.17 bits per heavy atom. The van der Waals surface area contributed by atoms with Gasteiger partial charge in [-0.25, -0.2) is 19.2 Å². The van der Waals surface area contributed by atoms with E-state index in [1.54, 1.807) is 0 Å². The summed E-state index contributed by atoms with van der Waals surface area (Å²) in [4.78, 5) is 81.6. The number of hydrogen-bond donors (Lipinski definition) is 13. The molecule has 0 radical (unpaired) electrons.